The molecule has 42 heavy (non-hydrogen) atoms. The number of carbonyl (C=O) groups is 3. The summed E-state index contributed by atoms with van der Waals surface area (Å²) in [6, 6.07) is 31.9. The van der Waals surface area contributed by atoms with E-state index in [1.165, 1.54) is 17.3 Å². The summed E-state index contributed by atoms with van der Waals surface area (Å²) in [5.41, 5.74) is 5.04. The minimum absolute atomic E-state index is 0.0727. The number of carbonyl (C=O) groups excluding carboxylic acids is 3. The van der Waals surface area contributed by atoms with E-state index in [1.54, 1.807) is 48.7 Å². The molecule has 0 aliphatic carbocycles. The molecule has 0 radical (unpaired) electrons. The first kappa shape index (κ1) is 27.1. The van der Waals surface area contributed by atoms with Gasteiger partial charge in [0, 0.05) is 51.0 Å². The van der Waals surface area contributed by atoms with Gasteiger partial charge < -0.3 is 20.5 Å². The largest absolute Gasteiger partial charge is 0.361 e. The van der Waals surface area contributed by atoms with Gasteiger partial charge in [-0.3, -0.25) is 14.4 Å². The van der Waals surface area contributed by atoms with E-state index < -0.39 is 5.91 Å². The fourth-order valence-corrected chi connectivity index (χ4v) is 5.74. The van der Waals surface area contributed by atoms with E-state index in [2.05, 4.69) is 21.7 Å². The Hall–Kier alpha value is -5.08. The van der Waals surface area contributed by atoms with Crippen molar-refractivity contribution in [3.63, 3.8) is 0 Å². The van der Waals surface area contributed by atoms with Crippen molar-refractivity contribution in [1.29, 1.82) is 0 Å². The van der Waals surface area contributed by atoms with Gasteiger partial charge in [-0.15, -0.1) is 11.8 Å². The molecule has 2 heterocycles. The predicted octanol–water partition coefficient (Wildman–Crippen LogP) is 6.26. The molecule has 4 aromatic carbocycles. The SMILES string of the molecule is O=C(Nc1ccc(SCC(=O)N2CCc3ccccc32)cc1)/C(=C/c1c[nH]c2ccccc12)NC(=O)c1ccccc1. The highest BCUT2D eigenvalue weighted by Gasteiger charge is 2.24. The lowest BCUT2D eigenvalue weighted by Gasteiger charge is -2.17. The third kappa shape index (κ3) is 5.99. The Bertz CT molecular complexity index is 1790. The molecular weight excluding hydrogens is 544 g/mol. The van der Waals surface area contributed by atoms with Crippen LogP contribution < -0.4 is 15.5 Å². The average Bonchev–Trinajstić information content (AvgIpc) is 3.65. The lowest BCUT2D eigenvalue weighted by Crippen LogP contribution is -2.30. The monoisotopic (exact) mass is 572 g/mol. The Morgan fingerprint density at radius 3 is 2.43 bits per heavy atom. The maximum Gasteiger partial charge on any atom is 0.272 e. The van der Waals surface area contributed by atoms with Crippen LogP contribution in [0.25, 0.3) is 17.0 Å². The zero-order valence-corrected chi connectivity index (χ0v) is 23.5. The summed E-state index contributed by atoms with van der Waals surface area (Å²) in [5.74, 6) is -0.437. The van der Waals surface area contributed by atoms with Crippen LogP contribution in [0.15, 0.2) is 120 Å². The smallest absolute Gasteiger partial charge is 0.272 e. The van der Waals surface area contributed by atoms with Gasteiger partial charge in [0.1, 0.15) is 5.70 Å². The molecule has 6 rings (SSSR count). The van der Waals surface area contributed by atoms with E-state index in [9.17, 15) is 14.4 Å². The van der Waals surface area contributed by atoms with Gasteiger partial charge in [0.05, 0.1) is 5.75 Å². The molecule has 8 heteroatoms. The van der Waals surface area contributed by atoms with Gasteiger partial charge in [-0.25, -0.2) is 0 Å². The van der Waals surface area contributed by atoms with Crippen LogP contribution in [0.2, 0.25) is 0 Å². The summed E-state index contributed by atoms with van der Waals surface area (Å²) < 4.78 is 0. The van der Waals surface area contributed by atoms with Crippen LogP contribution in [0.1, 0.15) is 21.5 Å². The Morgan fingerprint density at radius 2 is 1.60 bits per heavy atom. The number of thioether (sulfide) groups is 1. The molecule has 3 N–H and O–H groups in total. The number of fused-ring (bicyclic) bond motifs is 2. The number of nitrogens with zero attached hydrogens (tertiary/aromatic N) is 1. The number of amides is 3. The number of rotatable bonds is 8. The first-order valence-electron chi connectivity index (χ1n) is 13.6. The van der Waals surface area contributed by atoms with Gasteiger partial charge in [0.15, 0.2) is 0 Å². The molecule has 1 aromatic heterocycles. The first-order chi connectivity index (χ1) is 20.5. The summed E-state index contributed by atoms with van der Waals surface area (Å²) in [5, 5.41) is 6.61. The fraction of sp³-hybridized carbons (Fsp3) is 0.0882. The lowest BCUT2D eigenvalue weighted by atomic mass is 10.1. The third-order valence-corrected chi connectivity index (χ3v) is 8.11. The maximum absolute atomic E-state index is 13.4. The molecule has 0 spiro atoms. The molecule has 0 saturated heterocycles. The second-order valence-electron chi connectivity index (χ2n) is 9.86. The van der Waals surface area contributed by atoms with Gasteiger partial charge in [0.25, 0.3) is 11.8 Å². The topological polar surface area (TPSA) is 94.3 Å². The van der Waals surface area contributed by atoms with Gasteiger partial charge in [-0.05, 0) is 66.6 Å². The molecule has 0 bridgehead atoms. The van der Waals surface area contributed by atoms with Gasteiger partial charge in [-0.2, -0.15) is 0 Å². The van der Waals surface area contributed by atoms with Crippen molar-refractivity contribution in [2.45, 2.75) is 11.3 Å². The number of benzene rings is 4. The van der Waals surface area contributed by atoms with Crippen LogP contribution >= 0.6 is 11.8 Å². The summed E-state index contributed by atoms with van der Waals surface area (Å²) >= 11 is 1.46. The number of hydrogen-bond acceptors (Lipinski definition) is 4. The van der Waals surface area contributed by atoms with Crippen molar-refractivity contribution in [1.82, 2.24) is 10.3 Å². The molecule has 1 aliphatic heterocycles. The summed E-state index contributed by atoms with van der Waals surface area (Å²) in [4.78, 5) is 45.2. The number of hydrogen-bond donors (Lipinski definition) is 3. The van der Waals surface area contributed by atoms with Crippen LogP contribution in [0.5, 0.6) is 0 Å². The molecule has 0 atom stereocenters. The predicted molar refractivity (Wildman–Crippen MR) is 168 cm³/mol. The lowest BCUT2D eigenvalue weighted by molar-refractivity contribution is -0.116. The third-order valence-electron chi connectivity index (χ3n) is 7.11. The zero-order chi connectivity index (χ0) is 28.9. The number of anilines is 2. The molecular formula is C34H28N4O3S. The van der Waals surface area contributed by atoms with Crippen LogP contribution in [0.4, 0.5) is 11.4 Å². The number of aromatic amines is 1. The molecule has 0 saturated carbocycles. The molecule has 5 aromatic rings. The Morgan fingerprint density at radius 1 is 0.857 bits per heavy atom. The molecule has 0 unspecified atom stereocenters. The number of para-hydroxylation sites is 2. The van der Waals surface area contributed by atoms with Crippen LogP contribution in [0.3, 0.4) is 0 Å². The van der Waals surface area contributed by atoms with Crippen molar-refractivity contribution >= 4 is 57.8 Å². The summed E-state index contributed by atoms with van der Waals surface area (Å²) in [7, 11) is 0. The Labute approximate surface area is 247 Å². The maximum atomic E-state index is 13.4. The Kier molecular flexibility index (Phi) is 7.87. The van der Waals surface area contributed by atoms with Crippen LogP contribution in [-0.2, 0) is 16.0 Å². The van der Waals surface area contributed by atoms with Crippen molar-refractivity contribution in [2.24, 2.45) is 0 Å². The van der Waals surface area contributed by atoms with E-state index >= 15 is 0 Å². The second-order valence-corrected chi connectivity index (χ2v) is 10.9. The van der Waals surface area contributed by atoms with E-state index in [0.717, 1.165) is 33.5 Å². The van der Waals surface area contributed by atoms with Gasteiger partial charge in [0.2, 0.25) is 5.91 Å². The fourth-order valence-electron chi connectivity index (χ4n) is 4.96. The van der Waals surface area contributed by atoms with Crippen molar-refractivity contribution < 1.29 is 14.4 Å². The Balaban J connectivity index is 1.14. The summed E-state index contributed by atoms with van der Waals surface area (Å²) in [6.07, 6.45) is 4.35. The molecule has 3 amide bonds. The van der Waals surface area contributed by atoms with Crippen LogP contribution in [-0.4, -0.2) is 35.0 Å². The van der Waals surface area contributed by atoms with E-state index in [1.807, 2.05) is 65.6 Å². The van der Waals surface area contributed by atoms with E-state index in [0.29, 0.717) is 23.5 Å². The van der Waals surface area contributed by atoms with E-state index in [-0.39, 0.29) is 17.5 Å². The molecule has 0 fully saturated rings. The number of H-pyrrole nitrogens is 1. The number of nitrogens with one attached hydrogen (secondary N) is 3. The van der Waals surface area contributed by atoms with Crippen molar-refractivity contribution in [2.75, 3.05) is 22.5 Å². The van der Waals surface area contributed by atoms with Crippen LogP contribution in [0, 0.1) is 0 Å². The van der Waals surface area contributed by atoms with Gasteiger partial charge in [-0.1, -0.05) is 54.6 Å². The quantitative estimate of drug-likeness (QED) is 0.151. The highest BCUT2D eigenvalue weighted by Crippen LogP contribution is 2.29. The molecule has 1 aliphatic rings. The zero-order valence-electron chi connectivity index (χ0n) is 22.7. The highest BCUT2D eigenvalue weighted by molar-refractivity contribution is 8.00. The average molecular weight is 573 g/mol. The normalized spacial score (nSPS) is 12.7. The van der Waals surface area contributed by atoms with E-state index in [4.69, 9.17) is 0 Å². The molecule has 208 valence electrons. The van der Waals surface area contributed by atoms with Crippen molar-refractivity contribution in [3.05, 3.63) is 132 Å². The number of aromatic nitrogens is 1. The highest BCUT2D eigenvalue weighted by atomic mass is 32.2. The standard InChI is InChI=1S/C34H28N4O3S/c39-32(38-19-18-23-8-4-7-13-31(23)38)22-42-27-16-14-26(15-17-27)36-34(41)30(37-33(40)24-9-2-1-3-10-24)20-25-21-35-29-12-6-5-11-28(25)29/h1-17,20-21,35H,18-19,22H2,(H,36,41)(H,37,40)/b30-20-. The second kappa shape index (κ2) is 12.2. The summed E-state index contributed by atoms with van der Waals surface area (Å²) in [6.45, 7) is 0.707. The molecule has 7 nitrogen and oxygen atoms in total. The van der Waals surface area contributed by atoms with Gasteiger partial charge >= 0.3 is 0 Å². The van der Waals surface area contributed by atoms with Crippen molar-refractivity contribution in [3.8, 4) is 0 Å². The minimum Gasteiger partial charge on any atom is -0.361 e. The minimum atomic E-state index is -0.451. The first-order valence-corrected chi connectivity index (χ1v) is 14.6.